The van der Waals surface area contributed by atoms with Crippen LogP contribution in [0.4, 0.5) is 21.9 Å². The standard InChI is InChI=1S/C42H48ClN7O8S/c1-4-5-6-7-8-9-10-11-12-13-23-48(42(54)58-38-21-17-29(24-36(38)50(55)56)27-59-41-45-46-47-49(41)26-28(2)51)35-16-14-15-32-31(35)19-20-33(39(32)52)40(53)44-34-25-30(43)18-22-37(34)57-3/h14-22,24-25,52H,4-13,23,26-27H2,1-3H3,(H,44,53). The Balaban J connectivity index is 1.38. The van der Waals surface area contributed by atoms with Gasteiger partial charge >= 0.3 is 11.8 Å². The molecule has 1 heterocycles. The lowest BCUT2D eigenvalue weighted by Gasteiger charge is -2.24. The summed E-state index contributed by atoms with van der Waals surface area (Å²) in [5, 5.41) is 39.3. The van der Waals surface area contributed by atoms with E-state index in [2.05, 4.69) is 27.8 Å². The van der Waals surface area contributed by atoms with Gasteiger partial charge in [-0.05, 0) is 65.7 Å². The number of aromatic hydroxyl groups is 1. The normalized spacial score (nSPS) is 11.1. The monoisotopic (exact) mass is 845 g/mol. The lowest BCUT2D eigenvalue weighted by atomic mass is 10.0. The summed E-state index contributed by atoms with van der Waals surface area (Å²) in [5.74, 6) is -0.682. The van der Waals surface area contributed by atoms with Crippen LogP contribution in [0.5, 0.6) is 17.2 Å². The van der Waals surface area contributed by atoms with Crippen molar-refractivity contribution in [2.45, 2.75) is 95.5 Å². The predicted molar refractivity (Wildman–Crippen MR) is 228 cm³/mol. The van der Waals surface area contributed by atoms with E-state index in [-0.39, 0.29) is 41.7 Å². The van der Waals surface area contributed by atoms with Crippen molar-refractivity contribution in [3.05, 3.63) is 93.0 Å². The van der Waals surface area contributed by atoms with Gasteiger partial charge in [-0.15, -0.1) is 5.10 Å². The molecule has 0 fully saturated rings. The van der Waals surface area contributed by atoms with Crippen molar-refractivity contribution >= 4 is 69.0 Å². The maximum atomic E-state index is 14.1. The van der Waals surface area contributed by atoms with E-state index in [1.807, 2.05) is 0 Å². The molecule has 0 aliphatic carbocycles. The van der Waals surface area contributed by atoms with Crippen LogP contribution in [-0.4, -0.2) is 61.7 Å². The highest BCUT2D eigenvalue weighted by molar-refractivity contribution is 7.98. The van der Waals surface area contributed by atoms with Crippen molar-refractivity contribution in [2.75, 3.05) is 23.9 Å². The number of nitrogens with one attached hydrogen (secondary N) is 1. The van der Waals surface area contributed by atoms with Gasteiger partial charge < -0.3 is 19.9 Å². The van der Waals surface area contributed by atoms with E-state index in [4.69, 9.17) is 21.1 Å². The molecule has 2 N–H and O–H groups in total. The summed E-state index contributed by atoms with van der Waals surface area (Å²) >= 11 is 7.35. The third kappa shape index (κ3) is 12.1. The number of amides is 2. The number of nitrogens with zero attached hydrogens (tertiary/aromatic N) is 6. The molecule has 0 saturated carbocycles. The number of methoxy groups -OCH3 is 1. The van der Waals surface area contributed by atoms with Crippen molar-refractivity contribution < 1.29 is 33.9 Å². The minimum absolute atomic E-state index is 0.00751. The van der Waals surface area contributed by atoms with Crippen LogP contribution in [0, 0.1) is 10.1 Å². The van der Waals surface area contributed by atoms with Gasteiger partial charge in [0, 0.05) is 34.2 Å². The molecule has 0 aliphatic heterocycles. The molecule has 2 amide bonds. The number of ether oxygens (including phenoxy) is 2. The quantitative estimate of drug-likeness (QED) is 0.0290. The number of phenols is 1. The molecule has 59 heavy (non-hydrogen) atoms. The van der Waals surface area contributed by atoms with Gasteiger partial charge in [0.05, 0.1) is 29.0 Å². The smallest absolute Gasteiger partial charge is 0.420 e. The molecule has 1 aromatic heterocycles. The molecule has 17 heteroatoms. The van der Waals surface area contributed by atoms with Crippen molar-refractivity contribution in [1.82, 2.24) is 20.2 Å². The van der Waals surface area contributed by atoms with Gasteiger partial charge in [-0.2, -0.15) is 0 Å². The van der Waals surface area contributed by atoms with Crippen LogP contribution in [0.3, 0.4) is 0 Å². The molecule has 15 nitrogen and oxygen atoms in total. The number of Topliss-reactive ketones (excluding diaryl/α,β-unsaturated/α-hetero) is 1. The molecule has 312 valence electrons. The molecular weight excluding hydrogens is 798 g/mol. The first kappa shape index (κ1) is 44.4. The minimum Gasteiger partial charge on any atom is -0.506 e. The second kappa shape index (κ2) is 21.9. The fourth-order valence-electron chi connectivity index (χ4n) is 6.57. The molecule has 0 aliphatic rings. The molecule has 0 radical (unpaired) electrons. The zero-order valence-corrected chi connectivity index (χ0v) is 34.9. The summed E-state index contributed by atoms with van der Waals surface area (Å²) in [6, 6.07) is 17.1. The molecule has 5 rings (SSSR count). The number of hydrogen-bond acceptors (Lipinski definition) is 12. The first-order chi connectivity index (χ1) is 28.5. The number of rotatable bonds is 22. The van der Waals surface area contributed by atoms with Crippen molar-refractivity contribution in [2.24, 2.45) is 0 Å². The van der Waals surface area contributed by atoms with E-state index in [1.165, 1.54) is 91.7 Å². The van der Waals surface area contributed by atoms with Gasteiger partial charge in [-0.25, -0.2) is 9.48 Å². The number of benzene rings is 4. The van der Waals surface area contributed by atoms with Gasteiger partial charge in [-0.1, -0.05) is 112 Å². The molecule has 0 bridgehead atoms. The van der Waals surface area contributed by atoms with Gasteiger partial charge in [-0.3, -0.25) is 24.6 Å². The number of unbranched alkanes of at least 4 members (excludes halogenated alkanes) is 9. The number of aromatic nitrogens is 4. The summed E-state index contributed by atoms with van der Waals surface area (Å²) in [5.41, 5.74) is 0.808. The number of anilines is 2. The summed E-state index contributed by atoms with van der Waals surface area (Å²) in [6.45, 7) is 3.83. The molecule has 0 saturated heterocycles. The summed E-state index contributed by atoms with van der Waals surface area (Å²) in [7, 11) is 1.46. The summed E-state index contributed by atoms with van der Waals surface area (Å²) in [4.78, 5) is 52.2. The number of tetrazole rings is 1. The minimum atomic E-state index is -0.851. The van der Waals surface area contributed by atoms with Gasteiger partial charge in [0.15, 0.2) is 5.78 Å². The fourth-order valence-corrected chi connectivity index (χ4v) is 7.56. The zero-order valence-electron chi connectivity index (χ0n) is 33.3. The highest BCUT2D eigenvalue weighted by atomic mass is 35.5. The first-order valence-electron chi connectivity index (χ1n) is 19.5. The molecule has 0 atom stereocenters. The average molecular weight is 846 g/mol. The average Bonchev–Trinajstić information content (AvgIpc) is 3.65. The number of hydrogen-bond donors (Lipinski definition) is 2. The Morgan fingerprint density at radius 1 is 0.932 bits per heavy atom. The Morgan fingerprint density at radius 2 is 1.64 bits per heavy atom. The van der Waals surface area contributed by atoms with Crippen molar-refractivity contribution in [3.63, 3.8) is 0 Å². The molecule has 0 spiro atoms. The van der Waals surface area contributed by atoms with Crippen LogP contribution in [0.2, 0.25) is 5.02 Å². The Hall–Kier alpha value is -5.74. The van der Waals surface area contributed by atoms with Crippen molar-refractivity contribution in [3.8, 4) is 17.2 Å². The number of carbonyl (C=O) groups excluding carboxylic acids is 3. The Morgan fingerprint density at radius 3 is 2.34 bits per heavy atom. The number of phenolic OH excluding ortho intramolecular Hbond substituents is 1. The van der Waals surface area contributed by atoms with Gasteiger partial charge in [0.2, 0.25) is 10.9 Å². The number of thioether (sulfide) groups is 1. The Kier molecular flexibility index (Phi) is 16.4. The SMILES string of the molecule is CCCCCCCCCCCCN(C(=O)Oc1ccc(CSc2nnnn2CC(C)=O)cc1[N+](=O)[O-])c1cccc2c(O)c(C(=O)Nc3cc(Cl)ccc3OC)ccc12. The molecule has 5 aromatic rings. The molecular formula is C42H48ClN7O8S. The highest BCUT2D eigenvalue weighted by Crippen LogP contribution is 2.38. The van der Waals surface area contributed by atoms with E-state index in [1.54, 1.807) is 42.5 Å². The number of fused-ring (bicyclic) bond motifs is 1. The summed E-state index contributed by atoms with van der Waals surface area (Å²) < 4.78 is 12.5. The largest absolute Gasteiger partial charge is 0.506 e. The lowest BCUT2D eigenvalue weighted by Crippen LogP contribution is -2.34. The van der Waals surface area contributed by atoms with Crippen molar-refractivity contribution in [1.29, 1.82) is 0 Å². The second-order valence-electron chi connectivity index (χ2n) is 14.0. The van der Waals surface area contributed by atoms with Crippen LogP contribution in [-0.2, 0) is 17.1 Å². The highest BCUT2D eigenvalue weighted by Gasteiger charge is 2.26. The van der Waals surface area contributed by atoms with Crippen LogP contribution < -0.4 is 19.7 Å². The summed E-state index contributed by atoms with van der Waals surface area (Å²) in [6.07, 6.45) is 9.95. The lowest BCUT2D eigenvalue weighted by molar-refractivity contribution is -0.385. The van der Waals surface area contributed by atoms with E-state index in [0.29, 0.717) is 50.1 Å². The first-order valence-corrected chi connectivity index (χ1v) is 20.9. The second-order valence-corrected chi connectivity index (χ2v) is 15.4. The Bertz CT molecular complexity index is 2270. The Labute approximate surface area is 351 Å². The maximum absolute atomic E-state index is 14.1. The fraction of sp³-hybridized carbons (Fsp3) is 0.381. The van der Waals surface area contributed by atoms with E-state index < -0.39 is 22.6 Å². The number of nitro groups is 1. The third-order valence-electron chi connectivity index (χ3n) is 9.57. The topological polar surface area (TPSA) is 192 Å². The van der Waals surface area contributed by atoms with Crippen LogP contribution in [0.25, 0.3) is 10.8 Å². The van der Waals surface area contributed by atoms with E-state index in [9.17, 15) is 29.6 Å². The van der Waals surface area contributed by atoms with Crippen LogP contribution >= 0.6 is 23.4 Å². The maximum Gasteiger partial charge on any atom is 0.420 e. The van der Waals surface area contributed by atoms with Gasteiger partial charge in [0.1, 0.15) is 18.0 Å². The number of halogens is 1. The number of ketones is 1. The van der Waals surface area contributed by atoms with Crippen LogP contribution in [0.1, 0.15) is 94.0 Å². The molecule has 0 unspecified atom stereocenters. The third-order valence-corrected chi connectivity index (χ3v) is 10.8. The van der Waals surface area contributed by atoms with Crippen LogP contribution in [0.15, 0.2) is 71.9 Å². The molecule has 4 aromatic carbocycles. The van der Waals surface area contributed by atoms with E-state index in [0.717, 1.165) is 25.7 Å². The zero-order chi connectivity index (χ0) is 42.3. The number of nitro benzene ring substituents is 1. The van der Waals surface area contributed by atoms with E-state index >= 15 is 0 Å². The number of carbonyl (C=O) groups is 3. The van der Waals surface area contributed by atoms with Gasteiger partial charge in [0.25, 0.3) is 5.91 Å². The predicted octanol–water partition coefficient (Wildman–Crippen LogP) is 10.2.